The lowest BCUT2D eigenvalue weighted by molar-refractivity contribution is -0.126. The minimum atomic E-state index is -0.321. The number of rotatable bonds is 4. The maximum absolute atomic E-state index is 12.3. The number of nitrogens with zero attached hydrogens (tertiary/aromatic N) is 1. The molecule has 1 saturated heterocycles. The molecule has 0 aliphatic carbocycles. The minimum Gasteiger partial charge on any atom is -0.467 e. The van der Waals surface area contributed by atoms with Crippen LogP contribution in [0.3, 0.4) is 0 Å². The molecule has 5 nitrogen and oxygen atoms in total. The highest BCUT2D eigenvalue weighted by Gasteiger charge is 2.35. The monoisotopic (exact) mass is 312 g/mol. The van der Waals surface area contributed by atoms with Gasteiger partial charge in [-0.3, -0.25) is 9.59 Å². The van der Waals surface area contributed by atoms with Crippen molar-refractivity contribution in [1.29, 1.82) is 0 Å². The van der Waals surface area contributed by atoms with Gasteiger partial charge in [0, 0.05) is 18.7 Å². The van der Waals surface area contributed by atoms with Gasteiger partial charge in [-0.25, -0.2) is 0 Å². The lowest BCUT2D eigenvalue weighted by atomic mass is 10.1. The zero-order chi connectivity index (χ0) is 16.4. The molecule has 1 aliphatic rings. The molecule has 0 saturated carbocycles. The summed E-state index contributed by atoms with van der Waals surface area (Å²) >= 11 is 0. The number of hydrogen-bond acceptors (Lipinski definition) is 3. The van der Waals surface area contributed by atoms with Gasteiger partial charge in [-0.2, -0.15) is 0 Å². The van der Waals surface area contributed by atoms with Crippen molar-refractivity contribution in [3.63, 3.8) is 0 Å². The molecule has 1 N–H and O–H groups in total. The number of furan rings is 1. The first kappa shape index (κ1) is 15.3. The van der Waals surface area contributed by atoms with Gasteiger partial charge in [0.1, 0.15) is 5.76 Å². The molecular weight excluding hydrogens is 292 g/mol. The predicted molar refractivity (Wildman–Crippen MR) is 86.9 cm³/mol. The van der Waals surface area contributed by atoms with Crippen LogP contribution in [0.1, 0.15) is 23.3 Å². The van der Waals surface area contributed by atoms with Crippen molar-refractivity contribution >= 4 is 17.5 Å². The Labute approximate surface area is 135 Å². The second kappa shape index (κ2) is 6.28. The van der Waals surface area contributed by atoms with E-state index < -0.39 is 0 Å². The van der Waals surface area contributed by atoms with E-state index in [1.165, 1.54) is 0 Å². The maximum atomic E-state index is 12.3. The second-order valence-electron chi connectivity index (χ2n) is 5.99. The number of benzene rings is 1. The van der Waals surface area contributed by atoms with E-state index in [-0.39, 0.29) is 24.2 Å². The van der Waals surface area contributed by atoms with Crippen LogP contribution in [0, 0.1) is 19.8 Å². The molecule has 2 amide bonds. The lowest BCUT2D eigenvalue weighted by Crippen LogP contribution is -2.32. The van der Waals surface area contributed by atoms with E-state index in [0.717, 1.165) is 16.8 Å². The number of hydrogen-bond donors (Lipinski definition) is 1. The lowest BCUT2D eigenvalue weighted by Gasteiger charge is -2.19. The topological polar surface area (TPSA) is 62.6 Å². The van der Waals surface area contributed by atoms with E-state index >= 15 is 0 Å². The third-order valence-corrected chi connectivity index (χ3v) is 4.16. The Morgan fingerprint density at radius 3 is 2.87 bits per heavy atom. The van der Waals surface area contributed by atoms with Crippen LogP contribution in [-0.2, 0) is 16.1 Å². The molecule has 0 bridgehead atoms. The Morgan fingerprint density at radius 1 is 1.35 bits per heavy atom. The van der Waals surface area contributed by atoms with Crippen LogP contribution in [0.15, 0.2) is 41.0 Å². The standard InChI is InChI=1S/C18H20N2O3/c1-12-5-6-16(13(2)8-12)20-11-14(9-17(20)21)18(22)19-10-15-4-3-7-23-15/h3-8,14H,9-11H2,1-2H3,(H,19,22)/t14-/m0/s1. The number of carbonyl (C=O) groups excluding carboxylic acids is 2. The fraction of sp³-hybridized carbons (Fsp3) is 0.333. The van der Waals surface area contributed by atoms with Crippen molar-refractivity contribution in [3.8, 4) is 0 Å². The molecule has 2 heterocycles. The van der Waals surface area contributed by atoms with E-state index in [1.807, 2.05) is 38.1 Å². The van der Waals surface area contributed by atoms with E-state index in [1.54, 1.807) is 17.2 Å². The molecule has 1 aromatic carbocycles. The Morgan fingerprint density at radius 2 is 2.17 bits per heavy atom. The van der Waals surface area contributed by atoms with Gasteiger partial charge >= 0.3 is 0 Å². The highest BCUT2D eigenvalue weighted by atomic mass is 16.3. The number of anilines is 1. The molecule has 1 aliphatic heterocycles. The summed E-state index contributed by atoms with van der Waals surface area (Å²) in [5.41, 5.74) is 3.10. The fourth-order valence-electron chi connectivity index (χ4n) is 2.96. The Hall–Kier alpha value is -2.56. The van der Waals surface area contributed by atoms with E-state index in [4.69, 9.17) is 4.42 Å². The first-order valence-electron chi connectivity index (χ1n) is 7.72. The molecule has 120 valence electrons. The number of amides is 2. The van der Waals surface area contributed by atoms with Crippen LogP contribution in [0.25, 0.3) is 0 Å². The van der Waals surface area contributed by atoms with Gasteiger partial charge < -0.3 is 14.6 Å². The van der Waals surface area contributed by atoms with Crippen LogP contribution in [0.2, 0.25) is 0 Å². The zero-order valence-corrected chi connectivity index (χ0v) is 13.3. The van der Waals surface area contributed by atoms with Crippen LogP contribution in [-0.4, -0.2) is 18.4 Å². The number of aryl methyl sites for hydroxylation is 2. The maximum Gasteiger partial charge on any atom is 0.227 e. The highest BCUT2D eigenvalue weighted by molar-refractivity contribution is 6.00. The molecule has 3 rings (SSSR count). The van der Waals surface area contributed by atoms with Crippen molar-refractivity contribution in [2.24, 2.45) is 5.92 Å². The third-order valence-electron chi connectivity index (χ3n) is 4.16. The van der Waals surface area contributed by atoms with Gasteiger partial charge in [-0.05, 0) is 37.6 Å². The summed E-state index contributed by atoms with van der Waals surface area (Å²) in [5.74, 6) is 0.268. The van der Waals surface area contributed by atoms with Gasteiger partial charge in [0.2, 0.25) is 11.8 Å². The summed E-state index contributed by atoms with van der Waals surface area (Å²) in [6.45, 7) is 4.78. The largest absolute Gasteiger partial charge is 0.467 e. The molecule has 1 aromatic heterocycles. The average Bonchev–Trinajstić information content (AvgIpc) is 3.15. The first-order chi connectivity index (χ1) is 11.0. The van der Waals surface area contributed by atoms with Crippen molar-refractivity contribution in [1.82, 2.24) is 5.32 Å². The zero-order valence-electron chi connectivity index (χ0n) is 13.3. The first-order valence-corrected chi connectivity index (χ1v) is 7.72. The highest BCUT2D eigenvalue weighted by Crippen LogP contribution is 2.28. The molecule has 23 heavy (non-hydrogen) atoms. The second-order valence-corrected chi connectivity index (χ2v) is 5.99. The summed E-state index contributed by atoms with van der Waals surface area (Å²) in [7, 11) is 0. The SMILES string of the molecule is Cc1ccc(N2C[C@@H](C(=O)NCc3ccco3)CC2=O)c(C)c1. The van der Waals surface area contributed by atoms with Gasteiger partial charge in [0.15, 0.2) is 0 Å². The summed E-state index contributed by atoms with van der Waals surface area (Å²) in [6.07, 6.45) is 1.82. The molecular formula is C18H20N2O3. The molecule has 0 unspecified atom stereocenters. The average molecular weight is 312 g/mol. The summed E-state index contributed by atoms with van der Waals surface area (Å²) < 4.78 is 5.19. The van der Waals surface area contributed by atoms with Gasteiger partial charge in [0.05, 0.1) is 18.7 Å². The quantitative estimate of drug-likeness (QED) is 0.944. The van der Waals surface area contributed by atoms with Crippen LogP contribution in [0.5, 0.6) is 0 Å². The number of carbonyl (C=O) groups is 2. The van der Waals surface area contributed by atoms with Crippen LogP contribution >= 0.6 is 0 Å². The summed E-state index contributed by atoms with van der Waals surface area (Å²) in [4.78, 5) is 26.3. The van der Waals surface area contributed by atoms with E-state index in [0.29, 0.717) is 18.8 Å². The third kappa shape index (κ3) is 3.28. The molecule has 0 radical (unpaired) electrons. The van der Waals surface area contributed by atoms with Gasteiger partial charge in [-0.15, -0.1) is 0 Å². The van der Waals surface area contributed by atoms with Crippen molar-refractivity contribution < 1.29 is 14.0 Å². The molecule has 1 atom stereocenters. The molecule has 2 aromatic rings. The van der Waals surface area contributed by atoms with Crippen LogP contribution < -0.4 is 10.2 Å². The Balaban J connectivity index is 1.65. The van der Waals surface area contributed by atoms with Gasteiger partial charge in [-0.1, -0.05) is 17.7 Å². The predicted octanol–water partition coefficient (Wildman–Crippen LogP) is 2.57. The normalized spacial score (nSPS) is 17.6. The minimum absolute atomic E-state index is 0.00454. The van der Waals surface area contributed by atoms with Crippen molar-refractivity contribution in [2.45, 2.75) is 26.8 Å². The fourth-order valence-corrected chi connectivity index (χ4v) is 2.96. The van der Waals surface area contributed by atoms with E-state index in [2.05, 4.69) is 5.32 Å². The molecule has 0 spiro atoms. The van der Waals surface area contributed by atoms with Crippen molar-refractivity contribution in [3.05, 3.63) is 53.5 Å². The van der Waals surface area contributed by atoms with E-state index in [9.17, 15) is 9.59 Å². The van der Waals surface area contributed by atoms with Crippen LogP contribution in [0.4, 0.5) is 5.69 Å². The van der Waals surface area contributed by atoms with Crippen molar-refractivity contribution in [2.75, 3.05) is 11.4 Å². The summed E-state index contributed by atoms with van der Waals surface area (Å²) in [5, 5.41) is 2.83. The smallest absolute Gasteiger partial charge is 0.227 e. The molecule has 1 fully saturated rings. The Kier molecular flexibility index (Phi) is 4.19. The Bertz CT molecular complexity index is 722. The summed E-state index contributed by atoms with van der Waals surface area (Å²) in [6, 6.07) is 9.57. The number of nitrogens with one attached hydrogen (secondary N) is 1. The molecule has 5 heteroatoms. The van der Waals surface area contributed by atoms with Gasteiger partial charge in [0.25, 0.3) is 0 Å².